The molecule has 3 aliphatic rings. The van der Waals surface area contributed by atoms with Gasteiger partial charge in [0.25, 0.3) is 6.43 Å². The van der Waals surface area contributed by atoms with Gasteiger partial charge >= 0.3 is 0 Å². The third kappa shape index (κ3) is 4.45. The van der Waals surface area contributed by atoms with E-state index < -0.39 is 12.0 Å². The molecule has 13 heteroatoms. The number of halogens is 2. The highest BCUT2D eigenvalue weighted by Crippen LogP contribution is 2.43. The average Bonchev–Trinajstić information content (AvgIpc) is 3.29. The van der Waals surface area contributed by atoms with Gasteiger partial charge in [-0.05, 0) is 49.8 Å². The van der Waals surface area contributed by atoms with Crippen molar-refractivity contribution in [2.24, 2.45) is 5.41 Å². The number of nitrogens with zero attached hydrogens (tertiary/aromatic N) is 7. The minimum Gasteiger partial charge on any atom is -0.367 e. The molecule has 1 aliphatic heterocycles. The summed E-state index contributed by atoms with van der Waals surface area (Å²) in [6.07, 6.45) is 3.67. The van der Waals surface area contributed by atoms with Gasteiger partial charge in [0.1, 0.15) is 5.54 Å². The Morgan fingerprint density at radius 1 is 1.19 bits per heavy atom. The Hall–Kier alpha value is -2.82. The number of fused-ring (bicyclic) bond motifs is 1. The molecule has 0 bridgehead atoms. The summed E-state index contributed by atoms with van der Waals surface area (Å²) in [6.45, 7) is 4.72. The molecule has 0 radical (unpaired) electrons. The molecule has 9 nitrogen and oxygen atoms in total. The Bertz CT molecular complexity index is 1380. The van der Waals surface area contributed by atoms with Crippen LogP contribution in [0.25, 0.3) is 16.0 Å². The molecule has 37 heavy (non-hydrogen) atoms. The summed E-state index contributed by atoms with van der Waals surface area (Å²) in [5.74, 6) is 0.252. The summed E-state index contributed by atoms with van der Waals surface area (Å²) in [7, 11) is 0. The maximum absolute atomic E-state index is 13.2. The SMILES string of the molecule is CC1(C(=O)N2CCN(c3cc(SNC4(C#N)CC4)cc4c3cnn4-c3nnc(C(F)F)s3)CC2)CCC1. The van der Waals surface area contributed by atoms with Crippen LogP contribution < -0.4 is 9.62 Å². The number of piperazine rings is 1. The lowest BCUT2D eigenvalue weighted by atomic mass is 9.69. The second kappa shape index (κ2) is 9.18. The van der Waals surface area contributed by atoms with Crippen LogP contribution in [0.3, 0.4) is 0 Å². The largest absolute Gasteiger partial charge is 0.367 e. The molecule has 3 aromatic rings. The maximum Gasteiger partial charge on any atom is 0.291 e. The predicted molar refractivity (Wildman–Crippen MR) is 137 cm³/mol. The first-order chi connectivity index (χ1) is 17.8. The highest BCUT2D eigenvalue weighted by atomic mass is 32.2. The van der Waals surface area contributed by atoms with Gasteiger partial charge < -0.3 is 9.80 Å². The molecule has 0 spiro atoms. The number of alkyl halides is 2. The third-order valence-corrected chi connectivity index (χ3v) is 9.52. The number of anilines is 1. The quantitative estimate of drug-likeness (QED) is 0.439. The summed E-state index contributed by atoms with van der Waals surface area (Å²) in [5.41, 5.74) is 0.961. The number of rotatable bonds is 7. The van der Waals surface area contributed by atoms with Crippen LogP contribution in [-0.4, -0.2) is 62.5 Å². The Morgan fingerprint density at radius 3 is 2.54 bits per heavy atom. The van der Waals surface area contributed by atoms with Crippen molar-refractivity contribution in [1.29, 1.82) is 5.26 Å². The molecular weight excluding hydrogens is 518 g/mol. The Morgan fingerprint density at radius 2 is 1.95 bits per heavy atom. The number of benzene rings is 1. The number of hydrogen-bond donors (Lipinski definition) is 1. The summed E-state index contributed by atoms with van der Waals surface area (Å²) in [6, 6.07) is 6.33. The van der Waals surface area contributed by atoms with Crippen LogP contribution in [-0.2, 0) is 4.79 Å². The van der Waals surface area contributed by atoms with Gasteiger partial charge in [-0.15, -0.1) is 10.2 Å². The summed E-state index contributed by atoms with van der Waals surface area (Å²) >= 11 is 2.20. The van der Waals surface area contributed by atoms with E-state index >= 15 is 0 Å². The number of hydrogen-bond acceptors (Lipinski definition) is 9. The van der Waals surface area contributed by atoms with Gasteiger partial charge in [-0.2, -0.15) is 10.4 Å². The molecule has 0 atom stereocenters. The lowest BCUT2D eigenvalue weighted by Gasteiger charge is -2.44. The van der Waals surface area contributed by atoms with Crippen LogP contribution in [0.4, 0.5) is 14.5 Å². The van der Waals surface area contributed by atoms with E-state index in [1.165, 1.54) is 11.9 Å². The van der Waals surface area contributed by atoms with Crippen LogP contribution in [0.5, 0.6) is 0 Å². The van der Waals surface area contributed by atoms with Crippen LogP contribution in [0.1, 0.15) is 50.5 Å². The molecule has 0 unspecified atom stereocenters. The van der Waals surface area contributed by atoms with Crippen molar-refractivity contribution in [2.75, 3.05) is 31.1 Å². The fourth-order valence-electron chi connectivity index (χ4n) is 4.93. The van der Waals surface area contributed by atoms with Crippen molar-refractivity contribution in [1.82, 2.24) is 29.6 Å². The zero-order chi connectivity index (χ0) is 25.8. The maximum atomic E-state index is 13.2. The molecule has 2 aliphatic carbocycles. The second-order valence-electron chi connectivity index (χ2n) is 10.2. The van der Waals surface area contributed by atoms with Gasteiger partial charge in [0.2, 0.25) is 11.0 Å². The van der Waals surface area contributed by atoms with E-state index in [1.807, 2.05) is 11.0 Å². The molecule has 1 N–H and O–H groups in total. The van der Waals surface area contributed by atoms with E-state index in [-0.39, 0.29) is 21.5 Å². The fourth-order valence-corrected chi connectivity index (χ4v) is 6.50. The predicted octanol–water partition coefficient (Wildman–Crippen LogP) is 4.31. The summed E-state index contributed by atoms with van der Waals surface area (Å²) in [5, 5.41) is 22.3. The number of nitriles is 1. The molecule has 2 saturated carbocycles. The van der Waals surface area contributed by atoms with E-state index in [1.54, 1.807) is 10.9 Å². The Balaban J connectivity index is 1.31. The first-order valence-electron chi connectivity index (χ1n) is 12.3. The van der Waals surface area contributed by atoms with Crippen LogP contribution in [0.15, 0.2) is 23.2 Å². The zero-order valence-corrected chi connectivity index (χ0v) is 21.9. The second-order valence-corrected chi connectivity index (χ2v) is 12.1. The lowest BCUT2D eigenvalue weighted by Crippen LogP contribution is -2.54. The van der Waals surface area contributed by atoms with Crippen molar-refractivity contribution in [3.63, 3.8) is 0 Å². The molecule has 3 heterocycles. The van der Waals surface area contributed by atoms with Crippen molar-refractivity contribution >= 4 is 45.8 Å². The van der Waals surface area contributed by atoms with Crippen molar-refractivity contribution in [3.05, 3.63) is 23.3 Å². The fraction of sp³-hybridized carbons (Fsp3) is 0.542. The third-order valence-electron chi connectivity index (χ3n) is 7.65. The van der Waals surface area contributed by atoms with Gasteiger partial charge in [-0.3, -0.25) is 4.79 Å². The zero-order valence-electron chi connectivity index (χ0n) is 20.3. The Kier molecular flexibility index (Phi) is 6.08. The number of carbonyl (C=O) groups is 1. The molecule has 3 fully saturated rings. The van der Waals surface area contributed by atoms with Gasteiger partial charge in [0.05, 0.1) is 17.8 Å². The smallest absolute Gasteiger partial charge is 0.291 e. The number of amides is 1. The molecule has 6 rings (SSSR count). The summed E-state index contributed by atoms with van der Waals surface area (Å²) < 4.78 is 31.1. The lowest BCUT2D eigenvalue weighted by molar-refractivity contribution is -0.146. The molecule has 1 saturated heterocycles. The van der Waals surface area contributed by atoms with Gasteiger partial charge in [-0.1, -0.05) is 24.7 Å². The average molecular weight is 545 g/mol. The van der Waals surface area contributed by atoms with E-state index in [4.69, 9.17) is 0 Å². The molecule has 2 aromatic heterocycles. The molecular formula is C24H26F2N8OS2. The number of carbonyl (C=O) groups excluding carboxylic acids is 1. The highest BCUT2D eigenvalue weighted by molar-refractivity contribution is 7.97. The van der Waals surface area contributed by atoms with Crippen LogP contribution in [0.2, 0.25) is 0 Å². The standard InChI is InChI=1S/C24H26F2N8OS2/c1-23(3-2-4-23)21(35)33-9-7-32(8-10-33)17-11-15(37-31-24(14-27)5-6-24)12-18-16(17)13-28-34(18)22-30-29-20(36-22)19(25)26/h11-13,19,31H,2-10H2,1H3. The normalized spacial score (nSPS) is 20.2. The van der Waals surface area contributed by atoms with E-state index in [0.717, 1.165) is 64.9 Å². The van der Waals surface area contributed by atoms with Crippen LogP contribution in [0, 0.1) is 16.7 Å². The van der Waals surface area contributed by atoms with Crippen molar-refractivity contribution in [2.45, 2.75) is 55.9 Å². The minimum atomic E-state index is -2.69. The Labute approximate surface area is 220 Å². The van der Waals surface area contributed by atoms with E-state index in [0.29, 0.717) is 26.2 Å². The highest BCUT2D eigenvalue weighted by Gasteiger charge is 2.44. The van der Waals surface area contributed by atoms with Gasteiger partial charge in [0, 0.05) is 47.6 Å². The van der Waals surface area contributed by atoms with E-state index in [2.05, 4.69) is 44.0 Å². The van der Waals surface area contributed by atoms with Gasteiger partial charge in [-0.25, -0.2) is 18.2 Å². The van der Waals surface area contributed by atoms with Crippen LogP contribution >= 0.6 is 23.3 Å². The number of nitrogens with one attached hydrogen (secondary N) is 1. The summed E-state index contributed by atoms with van der Waals surface area (Å²) in [4.78, 5) is 18.1. The van der Waals surface area contributed by atoms with E-state index in [9.17, 15) is 18.8 Å². The molecule has 194 valence electrons. The van der Waals surface area contributed by atoms with Gasteiger partial charge in [0.15, 0.2) is 5.01 Å². The topological polar surface area (TPSA) is 103 Å². The van der Waals surface area contributed by atoms with Crippen molar-refractivity contribution < 1.29 is 13.6 Å². The first kappa shape index (κ1) is 24.5. The first-order valence-corrected chi connectivity index (χ1v) is 14.0. The molecule has 1 amide bonds. The molecule has 1 aromatic carbocycles. The number of aromatic nitrogens is 4. The van der Waals surface area contributed by atoms with Crippen molar-refractivity contribution in [3.8, 4) is 11.2 Å². The monoisotopic (exact) mass is 544 g/mol. The minimum absolute atomic E-state index is 0.211.